The highest BCUT2D eigenvalue weighted by Crippen LogP contribution is 2.23. The topological polar surface area (TPSA) is 117 Å². The van der Waals surface area contributed by atoms with Gasteiger partial charge in [0, 0.05) is 52.9 Å². The Morgan fingerprint density at radius 2 is 1.91 bits per heavy atom. The van der Waals surface area contributed by atoms with Gasteiger partial charge in [0.15, 0.2) is 0 Å². The van der Waals surface area contributed by atoms with Crippen LogP contribution in [0.3, 0.4) is 0 Å². The van der Waals surface area contributed by atoms with Gasteiger partial charge in [0.05, 0.1) is 35.8 Å². The second-order valence-corrected chi connectivity index (χ2v) is 9.15. The number of benzene rings is 1. The van der Waals surface area contributed by atoms with Crippen LogP contribution in [0.15, 0.2) is 30.6 Å². The lowest BCUT2D eigenvalue weighted by atomic mass is 10.1. The van der Waals surface area contributed by atoms with Crippen molar-refractivity contribution in [1.29, 1.82) is 0 Å². The zero-order valence-electron chi connectivity index (χ0n) is 19.9. The lowest BCUT2D eigenvalue weighted by Gasteiger charge is -2.34. The highest BCUT2D eigenvalue weighted by atomic mass is 16.5. The summed E-state index contributed by atoms with van der Waals surface area (Å²) in [5, 5.41) is 9.43. The fourth-order valence-corrected chi connectivity index (χ4v) is 4.44. The number of aromatic carboxylic acids is 1. The number of carbonyl (C=O) groups excluding carboxylic acids is 1. The van der Waals surface area contributed by atoms with Gasteiger partial charge in [-0.25, -0.2) is 19.7 Å². The number of nitrogens with zero attached hydrogens (tertiary/aromatic N) is 7. The average molecular weight is 480 g/mol. The van der Waals surface area contributed by atoms with Gasteiger partial charge in [-0.15, -0.1) is 0 Å². The minimum absolute atomic E-state index is 0.0919. The molecule has 11 nitrogen and oxygen atoms in total. The molecule has 1 N–H and O–H groups in total. The molecule has 0 aliphatic carbocycles. The summed E-state index contributed by atoms with van der Waals surface area (Å²) in [7, 11) is 3.75. The molecule has 0 unspecified atom stereocenters. The number of fused-ring (bicyclic) bond motifs is 1. The molecule has 2 saturated heterocycles. The van der Waals surface area contributed by atoms with Crippen molar-refractivity contribution < 1.29 is 19.4 Å². The number of aromatic nitrogens is 4. The third kappa shape index (κ3) is 4.82. The average Bonchev–Trinajstić information content (AvgIpc) is 3.17. The van der Waals surface area contributed by atoms with Crippen LogP contribution in [-0.2, 0) is 17.8 Å². The number of imidazole rings is 1. The molecule has 11 heteroatoms. The van der Waals surface area contributed by atoms with Crippen molar-refractivity contribution >= 4 is 28.7 Å². The minimum Gasteiger partial charge on any atom is -0.478 e. The van der Waals surface area contributed by atoms with Gasteiger partial charge in [0.2, 0.25) is 0 Å². The second kappa shape index (κ2) is 9.59. The van der Waals surface area contributed by atoms with Crippen LogP contribution in [0.5, 0.6) is 0 Å². The smallest absolute Gasteiger partial charge is 0.335 e. The normalized spacial score (nSPS) is 18.5. The molecule has 1 amide bonds. The summed E-state index contributed by atoms with van der Waals surface area (Å²) in [4.78, 5) is 43.6. The van der Waals surface area contributed by atoms with E-state index in [-0.39, 0.29) is 17.6 Å². The Morgan fingerprint density at radius 3 is 2.57 bits per heavy atom. The maximum atomic E-state index is 13.0. The SMILES string of the molecule is CN(C)c1cc(C(=O)N2CCN(Cc3nc4ccc(C(=O)O)cc4n3C[C@@H]3CCO3)CC2)ncn1. The number of ether oxygens (including phenoxy) is 1. The number of amides is 1. The predicted octanol–water partition coefficient (Wildman–Crippen LogP) is 1.34. The van der Waals surface area contributed by atoms with Gasteiger partial charge in [0.1, 0.15) is 23.7 Å². The first-order chi connectivity index (χ1) is 16.9. The van der Waals surface area contributed by atoms with E-state index in [0.717, 1.165) is 29.9 Å². The molecule has 0 saturated carbocycles. The molecule has 2 aromatic heterocycles. The largest absolute Gasteiger partial charge is 0.478 e. The maximum absolute atomic E-state index is 13.0. The van der Waals surface area contributed by atoms with Crippen LogP contribution in [0.25, 0.3) is 11.0 Å². The lowest BCUT2D eigenvalue weighted by Crippen LogP contribution is -2.48. The minimum atomic E-state index is -0.955. The summed E-state index contributed by atoms with van der Waals surface area (Å²) in [6.07, 6.45) is 2.52. The van der Waals surface area contributed by atoms with Crippen molar-refractivity contribution in [1.82, 2.24) is 29.3 Å². The zero-order valence-corrected chi connectivity index (χ0v) is 19.9. The van der Waals surface area contributed by atoms with Crippen LogP contribution < -0.4 is 4.90 Å². The Labute approximate surface area is 202 Å². The van der Waals surface area contributed by atoms with Gasteiger partial charge in [0.25, 0.3) is 5.91 Å². The van der Waals surface area contributed by atoms with Crippen LogP contribution in [-0.4, -0.2) is 99.3 Å². The summed E-state index contributed by atoms with van der Waals surface area (Å²) in [5.74, 6) is 0.528. The summed E-state index contributed by atoms with van der Waals surface area (Å²) >= 11 is 0. The molecule has 1 aromatic carbocycles. The van der Waals surface area contributed by atoms with Crippen molar-refractivity contribution in [2.75, 3.05) is 51.8 Å². The molecule has 1 atom stereocenters. The van der Waals surface area contributed by atoms with E-state index >= 15 is 0 Å². The van der Waals surface area contributed by atoms with Crippen LogP contribution in [0.1, 0.15) is 33.1 Å². The molecule has 2 aliphatic rings. The molecule has 5 rings (SSSR count). The standard InChI is InChI=1S/C24H29N7O4/c1-28(2)21-12-19(25-15-26-21)23(32)30-8-6-29(7-9-30)14-22-27-18-4-3-16(24(33)34)11-20(18)31(22)13-17-5-10-35-17/h3-4,11-12,15,17H,5-10,13-14H2,1-2H3,(H,33,34)/t17-/m0/s1. The Balaban J connectivity index is 1.29. The van der Waals surface area contributed by atoms with Crippen LogP contribution in [0.4, 0.5) is 5.82 Å². The van der Waals surface area contributed by atoms with Gasteiger partial charge in [-0.05, 0) is 24.6 Å². The molecular formula is C24H29N7O4. The molecule has 3 aromatic rings. The highest BCUT2D eigenvalue weighted by Gasteiger charge is 2.26. The number of hydrogen-bond donors (Lipinski definition) is 1. The van der Waals surface area contributed by atoms with E-state index in [1.807, 2.05) is 23.9 Å². The van der Waals surface area contributed by atoms with Gasteiger partial charge in [-0.3, -0.25) is 9.69 Å². The molecule has 0 spiro atoms. The van der Waals surface area contributed by atoms with E-state index in [4.69, 9.17) is 9.72 Å². The van der Waals surface area contributed by atoms with Crippen molar-refractivity contribution in [3.8, 4) is 0 Å². The third-order valence-electron chi connectivity index (χ3n) is 6.61. The van der Waals surface area contributed by atoms with E-state index in [1.165, 1.54) is 6.33 Å². The van der Waals surface area contributed by atoms with Crippen LogP contribution >= 0.6 is 0 Å². The number of anilines is 1. The summed E-state index contributed by atoms with van der Waals surface area (Å²) in [6, 6.07) is 6.75. The molecule has 2 fully saturated rings. The molecule has 4 heterocycles. The van der Waals surface area contributed by atoms with Crippen LogP contribution in [0.2, 0.25) is 0 Å². The van der Waals surface area contributed by atoms with Crippen molar-refractivity contribution in [2.24, 2.45) is 0 Å². The first-order valence-corrected chi connectivity index (χ1v) is 11.7. The van der Waals surface area contributed by atoms with Gasteiger partial charge in [-0.1, -0.05) is 0 Å². The van der Waals surface area contributed by atoms with Gasteiger partial charge >= 0.3 is 5.97 Å². The van der Waals surface area contributed by atoms with Gasteiger partial charge < -0.3 is 24.2 Å². The summed E-state index contributed by atoms with van der Waals surface area (Å²) < 4.78 is 7.74. The van der Waals surface area contributed by atoms with Crippen LogP contribution in [0, 0.1) is 0 Å². The lowest BCUT2D eigenvalue weighted by molar-refractivity contribution is -0.0592. The maximum Gasteiger partial charge on any atom is 0.335 e. The van der Waals surface area contributed by atoms with Gasteiger partial charge in [-0.2, -0.15) is 0 Å². The Hall–Kier alpha value is -3.57. The number of piperazine rings is 1. The fourth-order valence-electron chi connectivity index (χ4n) is 4.44. The fraction of sp³-hybridized carbons (Fsp3) is 0.458. The quantitative estimate of drug-likeness (QED) is 0.536. The predicted molar refractivity (Wildman–Crippen MR) is 129 cm³/mol. The molecular weight excluding hydrogens is 450 g/mol. The number of hydrogen-bond acceptors (Lipinski definition) is 8. The molecule has 2 aliphatic heterocycles. The monoisotopic (exact) mass is 479 g/mol. The third-order valence-corrected chi connectivity index (χ3v) is 6.61. The van der Waals surface area contributed by atoms with Crippen molar-refractivity contribution in [2.45, 2.75) is 25.6 Å². The molecule has 0 bridgehead atoms. The highest BCUT2D eigenvalue weighted by molar-refractivity contribution is 5.93. The first-order valence-electron chi connectivity index (χ1n) is 11.7. The van der Waals surface area contributed by atoms with E-state index in [2.05, 4.69) is 19.4 Å². The first kappa shape index (κ1) is 23.2. The second-order valence-electron chi connectivity index (χ2n) is 9.15. The molecule has 0 radical (unpaired) electrons. The number of carboxylic acid groups (broad SMARTS) is 1. The van der Waals surface area contributed by atoms with Crippen molar-refractivity contribution in [3.05, 3.63) is 47.7 Å². The molecule has 35 heavy (non-hydrogen) atoms. The van der Waals surface area contributed by atoms with E-state index < -0.39 is 5.97 Å². The summed E-state index contributed by atoms with van der Waals surface area (Å²) in [5.41, 5.74) is 2.23. The van der Waals surface area contributed by atoms with E-state index in [9.17, 15) is 14.7 Å². The molecule has 184 valence electrons. The Morgan fingerprint density at radius 1 is 1.14 bits per heavy atom. The van der Waals surface area contributed by atoms with E-state index in [1.54, 1.807) is 24.3 Å². The zero-order chi connectivity index (χ0) is 24.5. The van der Waals surface area contributed by atoms with Crippen molar-refractivity contribution in [3.63, 3.8) is 0 Å². The Kier molecular flexibility index (Phi) is 6.35. The number of carboxylic acids is 1. The Bertz CT molecular complexity index is 1250. The summed E-state index contributed by atoms with van der Waals surface area (Å²) in [6.45, 7) is 4.62. The number of carbonyl (C=O) groups is 2. The number of rotatable bonds is 7. The van der Waals surface area contributed by atoms with E-state index in [0.29, 0.717) is 50.8 Å².